The van der Waals surface area contributed by atoms with Crippen LogP contribution in [0.4, 0.5) is 5.69 Å². The second-order valence-corrected chi connectivity index (χ2v) is 7.22. The molecule has 0 fully saturated rings. The molecule has 4 heterocycles. The molecular weight excluding hydrogens is 402 g/mol. The van der Waals surface area contributed by atoms with Crippen molar-refractivity contribution >= 4 is 23.3 Å². The van der Waals surface area contributed by atoms with E-state index in [0.29, 0.717) is 17.2 Å². The minimum absolute atomic E-state index is 0.273. The van der Waals surface area contributed by atoms with Crippen LogP contribution in [0.5, 0.6) is 0 Å². The standard InChI is InChI=1S/C24H19N7O/c1-3-17-7-10-19(11-8-17)28-24(32)20-13-21(18-9-12-22-25-15-26-30(22)14-18)31(29-20)23-6-4-5-16(2)27-23/h3-15H,1H2,2H3,(H,28,32). The summed E-state index contributed by atoms with van der Waals surface area (Å²) in [5.74, 6) is 0.305. The Balaban J connectivity index is 1.56. The molecule has 32 heavy (non-hydrogen) atoms. The number of nitrogens with zero attached hydrogens (tertiary/aromatic N) is 6. The lowest BCUT2D eigenvalue weighted by Gasteiger charge is -2.07. The fourth-order valence-corrected chi connectivity index (χ4v) is 3.39. The van der Waals surface area contributed by atoms with Crippen LogP contribution in [0.15, 0.2) is 79.8 Å². The highest BCUT2D eigenvalue weighted by Crippen LogP contribution is 2.24. The van der Waals surface area contributed by atoms with Gasteiger partial charge in [-0.1, -0.05) is 30.9 Å². The Morgan fingerprint density at radius 2 is 1.94 bits per heavy atom. The second-order valence-electron chi connectivity index (χ2n) is 7.22. The van der Waals surface area contributed by atoms with Gasteiger partial charge in [-0.15, -0.1) is 0 Å². The molecule has 156 valence electrons. The first-order chi connectivity index (χ1) is 15.6. The zero-order valence-corrected chi connectivity index (χ0v) is 17.3. The van der Waals surface area contributed by atoms with E-state index in [-0.39, 0.29) is 11.6 Å². The average Bonchev–Trinajstić information content (AvgIpc) is 3.46. The lowest BCUT2D eigenvalue weighted by atomic mass is 10.2. The summed E-state index contributed by atoms with van der Waals surface area (Å²) >= 11 is 0. The van der Waals surface area contributed by atoms with Crippen LogP contribution in [0.3, 0.4) is 0 Å². The Kier molecular flexibility index (Phi) is 4.79. The van der Waals surface area contributed by atoms with E-state index in [9.17, 15) is 4.79 Å². The number of rotatable bonds is 5. The number of carbonyl (C=O) groups excluding carboxylic acids is 1. The maximum absolute atomic E-state index is 13.0. The minimum atomic E-state index is -0.314. The molecule has 0 aliphatic rings. The molecule has 1 N–H and O–H groups in total. The number of amides is 1. The predicted molar refractivity (Wildman–Crippen MR) is 123 cm³/mol. The molecule has 0 saturated carbocycles. The van der Waals surface area contributed by atoms with Crippen LogP contribution >= 0.6 is 0 Å². The highest BCUT2D eigenvalue weighted by molar-refractivity contribution is 6.03. The Labute approximate surface area is 183 Å². The van der Waals surface area contributed by atoms with Crippen molar-refractivity contribution in [3.63, 3.8) is 0 Å². The molecule has 0 radical (unpaired) electrons. The van der Waals surface area contributed by atoms with Crippen LogP contribution in [0.1, 0.15) is 21.7 Å². The molecule has 0 atom stereocenters. The van der Waals surface area contributed by atoms with E-state index in [1.807, 2.05) is 67.7 Å². The Morgan fingerprint density at radius 3 is 2.72 bits per heavy atom. The number of aryl methyl sites for hydroxylation is 1. The number of nitrogens with one attached hydrogen (secondary N) is 1. The van der Waals surface area contributed by atoms with Gasteiger partial charge in [0.05, 0.1) is 5.69 Å². The average molecular weight is 421 g/mol. The van der Waals surface area contributed by atoms with Gasteiger partial charge in [-0.05, 0) is 55.0 Å². The molecule has 0 spiro atoms. The maximum Gasteiger partial charge on any atom is 0.276 e. The van der Waals surface area contributed by atoms with Gasteiger partial charge in [0.15, 0.2) is 17.2 Å². The number of aromatic nitrogens is 6. The third kappa shape index (κ3) is 3.65. The summed E-state index contributed by atoms with van der Waals surface area (Å²) in [6, 6.07) is 18.6. The molecule has 0 bridgehead atoms. The van der Waals surface area contributed by atoms with Crippen molar-refractivity contribution in [2.45, 2.75) is 6.92 Å². The van der Waals surface area contributed by atoms with Gasteiger partial charge >= 0.3 is 0 Å². The second kappa shape index (κ2) is 7.92. The predicted octanol–water partition coefficient (Wildman–Crippen LogP) is 4.18. The normalized spacial score (nSPS) is 10.9. The van der Waals surface area contributed by atoms with Crippen LogP contribution in [-0.4, -0.2) is 35.3 Å². The van der Waals surface area contributed by atoms with Gasteiger partial charge in [0.1, 0.15) is 6.33 Å². The van der Waals surface area contributed by atoms with Crippen LogP contribution in [-0.2, 0) is 0 Å². The Bertz CT molecular complexity index is 1450. The van der Waals surface area contributed by atoms with Gasteiger partial charge in [-0.3, -0.25) is 4.79 Å². The first-order valence-corrected chi connectivity index (χ1v) is 9.98. The number of fused-ring (bicyclic) bond motifs is 1. The molecule has 5 aromatic rings. The van der Waals surface area contributed by atoms with Crippen LogP contribution in [0.25, 0.3) is 28.8 Å². The summed E-state index contributed by atoms with van der Waals surface area (Å²) in [5, 5.41) is 11.7. The zero-order valence-electron chi connectivity index (χ0n) is 17.3. The van der Waals surface area contributed by atoms with Crippen molar-refractivity contribution in [3.05, 3.63) is 96.7 Å². The topological polar surface area (TPSA) is 90.0 Å². The number of anilines is 1. The fraction of sp³-hybridized carbons (Fsp3) is 0.0417. The summed E-state index contributed by atoms with van der Waals surface area (Å²) in [7, 11) is 0. The largest absolute Gasteiger partial charge is 0.321 e. The number of pyridine rings is 2. The minimum Gasteiger partial charge on any atom is -0.321 e. The van der Waals surface area contributed by atoms with E-state index < -0.39 is 0 Å². The van der Waals surface area contributed by atoms with Crippen molar-refractivity contribution in [1.82, 2.24) is 29.4 Å². The maximum atomic E-state index is 13.0. The van der Waals surface area contributed by atoms with E-state index >= 15 is 0 Å². The van der Waals surface area contributed by atoms with Crippen molar-refractivity contribution in [3.8, 4) is 17.1 Å². The quantitative estimate of drug-likeness (QED) is 0.460. The molecule has 0 saturated heterocycles. The summed E-state index contributed by atoms with van der Waals surface area (Å²) in [4.78, 5) is 21.7. The lowest BCUT2D eigenvalue weighted by molar-refractivity contribution is 0.102. The smallest absolute Gasteiger partial charge is 0.276 e. The number of hydrogen-bond acceptors (Lipinski definition) is 5. The van der Waals surface area contributed by atoms with Gasteiger partial charge in [0.25, 0.3) is 5.91 Å². The fourth-order valence-electron chi connectivity index (χ4n) is 3.39. The van der Waals surface area contributed by atoms with Gasteiger partial charge in [-0.25, -0.2) is 19.2 Å². The molecule has 0 unspecified atom stereocenters. The monoisotopic (exact) mass is 421 g/mol. The van der Waals surface area contributed by atoms with E-state index in [2.05, 4.69) is 32.1 Å². The molecule has 0 aliphatic carbocycles. The molecular formula is C24H19N7O. The first-order valence-electron chi connectivity index (χ1n) is 9.98. The van der Waals surface area contributed by atoms with E-state index in [1.165, 1.54) is 6.33 Å². The molecule has 4 aromatic heterocycles. The number of hydrogen-bond donors (Lipinski definition) is 1. The Hall–Kier alpha value is -4.59. The van der Waals surface area contributed by atoms with Crippen molar-refractivity contribution in [1.29, 1.82) is 0 Å². The van der Waals surface area contributed by atoms with Crippen LogP contribution < -0.4 is 5.32 Å². The third-order valence-corrected chi connectivity index (χ3v) is 5.01. The number of carbonyl (C=O) groups is 1. The highest BCUT2D eigenvalue weighted by atomic mass is 16.2. The van der Waals surface area contributed by atoms with Gasteiger partial charge in [0.2, 0.25) is 0 Å². The SMILES string of the molecule is C=Cc1ccc(NC(=O)c2cc(-c3ccc4ncnn4c3)n(-c3cccc(C)n3)n2)cc1. The van der Waals surface area contributed by atoms with Crippen molar-refractivity contribution in [2.24, 2.45) is 0 Å². The highest BCUT2D eigenvalue weighted by Gasteiger charge is 2.18. The Morgan fingerprint density at radius 1 is 1.09 bits per heavy atom. The summed E-state index contributed by atoms with van der Waals surface area (Å²) < 4.78 is 3.35. The van der Waals surface area contributed by atoms with E-state index in [1.54, 1.807) is 21.3 Å². The molecule has 8 heteroatoms. The van der Waals surface area contributed by atoms with E-state index in [0.717, 1.165) is 22.5 Å². The van der Waals surface area contributed by atoms with E-state index in [4.69, 9.17) is 0 Å². The first kappa shape index (κ1) is 19.4. The summed E-state index contributed by atoms with van der Waals surface area (Å²) in [5.41, 5.74) is 5.05. The third-order valence-electron chi connectivity index (χ3n) is 5.01. The van der Waals surface area contributed by atoms with Crippen LogP contribution in [0, 0.1) is 6.92 Å². The molecule has 1 amide bonds. The zero-order chi connectivity index (χ0) is 22.1. The van der Waals surface area contributed by atoms with Gasteiger partial charge in [0, 0.05) is 23.1 Å². The van der Waals surface area contributed by atoms with Crippen molar-refractivity contribution < 1.29 is 4.79 Å². The van der Waals surface area contributed by atoms with Gasteiger partial charge < -0.3 is 5.32 Å². The molecule has 1 aromatic carbocycles. The summed E-state index contributed by atoms with van der Waals surface area (Å²) in [6.07, 6.45) is 5.09. The van der Waals surface area contributed by atoms with Crippen molar-refractivity contribution in [2.75, 3.05) is 5.32 Å². The van der Waals surface area contributed by atoms with Gasteiger partial charge in [-0.2, -0.15) is 10.2 Å². The van der Waals surface area contributed by atoms with Crippen LogP contribution in [0.2, 0.25) is 0 Å². The molecule has 5 rings (SSSR count). The summed E-state index contributed by atoms with van der Waals surface area (Å²) in [6.45, 7) is 5.66. The molecule has 8 nitrogen and oxygen atoms in total. The molecule has 0 aliphatic heterocycles. The number of benzene rings is 1. The lowest BCUT2D eigenvalue weighted by Crippen LogP contribution is -2.13.